The van der Waals surface area contributed by atoms with Crippen LogP contribution in [0, 0.1) is 11.7 Å². The van der Waals surface area contributed by atoms with Crippen LogP contribution >= 0.6 is 0 Å². The number of nitrogens with one attached hydrogen (secondary N) is 1. The van der Waals surface area contributed by atoms with E-state index in [1.54, 1.807) is 24.3 Å². The third-order valence-electron chi connectivity index (χ3n) is 5.17. The van der Waals surface area contributed by atoms with Crippen LogP contribution in [0.4, 0.5) is 4.39 Å². The van der Waals surface area contributed by atoms with Gasteiger partial charge in [-0.15, -0.1) is 0 Å². The van der Waals surface area contributed by atoms with Crippen molar-refractivity contribution in [1.82, 2.24) is 9.62 Å². The van der Waals surface area contributed by atoms with Gasteiger partial charge in [-0.1, -0.05) is 30.3 Å². The average molecular weight is 434 g/mol. The van der Waals surface area contributed by atoms with E-state index in [1.807, 2.05) is 6.07 Å². The molecular formula is C21H23FN2O5S. The Kier molecular flexibility index (Phi) is 6.84. The van der Waals surface area contributed by atoms with Gasteiger partial charge in [-0.25, -0.2) is 17.6 Å². The first-order chi connectivity index (χ1) is 14.3. The van der Waals surface area contributed by atoms with E-state index in [4.69, 9.17) is 0 Å². The van der Waals surface area contributed by atoms with Crippen molar-refractivity contribution < 1.29 is 27.5 Å². The average Bonchev–Trinajstić information content (AvgIpc) is 2.74. The highest BCUT2D eigenvalue weighted by atomic mass is 32.2. The molecule has 0 aliphatic carbocycles. The van der Waals surface area contributed by atoms with E-state index < -0.39 is 39.7 Å². The molecule has 7 nitrogen and oxygen atoms in total. The number of carbonyl (C=O) groups is 2. The van der Waals surface area contributed by atoms with Gasteiger partial charge in [0.1, 0.15) is 11.9 Å². The van der Waals surface area contributed by atoms with E-state index in [-0.39, 0.29) is 37.2 Å². The lowest BCUT2D eigenvalue weighted by Crippen LogP contribution is -2.48. The third kappa shape index (κ3) is 5.22. The molecule has 2 aromatic carbocycles. The van der Waals surface area contributed by atoms with Crippen molar-refractivity contribution in [3.05, 3.63) is 66.0 Å². The van der Waals surface area contributed by atoms with Crippen molar-refractivity contribution in [1.29, 1.82) is 0 Å². The number of sulfonamides is 1. The van der Waals surface area contributed by atoms with Gasteiger partial charge in [0.05, 0.1) is 4.90 Å². The van der Waals surface area contributed by atoms with Crippen LogP contribution in [0.3, 0.4) is 0 Å². The highest BCUT2D eigenvalue weighted by molar-refractivity contribution is 7.89. The molecule has 2 N–H and O–H groups in total. The maximum Gasteiger partial charge on any atom is 0.326 e. The lowest BCUT2D eigenvalue weighted by Gasteiger charge is -2.31. The molecule has 9 heteroatoms. The highest BCUT2D eigenvalue weighted by Gasteiger charge is 2.33. The van der Waals surface area contributed by atoms with Gasteiger partial charge in [-0.2, -0.15) is 4.31 Å². The van der Waals surface area contributed by atoms with E-state index in [2.05, 4.69) is 5.32 Å². The number of nitrogens with zero attached hydrogens (tertiary/aromatic N) is 1. The molecule has 1 saturated heterocycles. The van der Waals surface area contributed by atoms with Crippen LogP contribution in [0.1, 0.15) is 18.4 Å². The first-order valence-corrected chi connectivity index (χ1v) is 11.0. The Balaban J connectivity index is 1.59. The molecule has 0 spiro atoms. The standard InChI is InChI=1S/C21H23FN2O5S/c22-17-6-8-18(9-7-17)30(28,29)24-12-10-16(11-13-24)20(25)23-19(21(26)27)14-15-4-2-1-3-5-15/h1-9,16,19H,10-14H2,(H,23,25)(H,26,27). The minimum Gasteiger partial charge on any atom is -0.480 e. The molecule has 1 fully saturated rings. The largest absolute Gasteiger partial charge is 0.480 e. The van der Waals surface area contributed by atoms with Gasteiger partial charge in [0.2, 0.25) is 15.9 Å². The predicted octanol–water partition coefficient (Wildman–Crippen LogP) is 2.04. The van der Waals surface area contributed by atoms with Gasteiger partial charge in [0.25, 0.3) is 0 Å². The molecule has 1 aliphatic heterocycles. The van der Waals surface area contributed by atoms with Crippen molar-refractivity contribution in [2.75, 3.05) is 13.1 Å². The predicted molar refractivity (Wildman–Crippen MR) is 108 cm³/mol. The summed E-state index contributed by atoms with van der Waals surface area (Å²) in [5.74, 6) is -2.50. The number of amides is 1. The summed E-state index contributed by atoms with van der Waals surface area (Å²) in [6, 6.07) is 12.6. The van der Waals surface area contributed by atoms with Crippen LogP contribution in [0.15, 0.2) is 59.5 Å². The fourth-order valence-electron chi connectivity index (χ4n) is 3.45. The summed E-state index contributed by atoms with van der Waals surface area (Å²) in [5.41, 5.74) is 0.797. The third-order valence-corrected chi connectivity index (χ3v) is 7.09. The first-order valence-electron chi connectivity index (χ1n) is 9.60. The monoisotopic (exact) mass is 434 g/mol. The number of carboxylic acid groups (broad SMARTS) is 1. The van der Waals surface area contributed by atoms with Crippen LogP contribution in [0.25, 0.3) is 0 Å². The maximum atomic E-state index is 13.1. The molecule has 1 unspecified atom stereocenters. The fraction of sp³-hybridized carbons (Fsp3) is 0.333. The summed E-state index contributed by atoms with van der Waals surface area (Å²) in [4.78, 5) is 24.1. The van der Waals surface area contributed by atoms with Crippen LogP contribution in [0.5, 0.6) is 0 Å². The van der Waals surface area contributed by atoms with Crippen molar-refractivity contribution in [2.24, 2.45) is 5.92 Å². The number of carboxylic acids is 1. The minimum atomic E-state index is -3.76. The SMILES string of the molecule is O=C(NC(Cc1ccccc1)C(=O)O)C1CCN(S(=O)(=O)c2ccc(F)cc2)CC1. The second-order valence-corrected chi connectivity index (χ2v) is 9.16. The quantitative estimate of drug-likeness (QED) is 0.694. The topological polar surface area (TPSA) is 104 Å². The summed E-state index contributed by atoms with van der Waals surface area (Å²) in [5, 5.41) is 12.0. The Morgan fingerprint density at radius 2 is 1.67 bits per heavy atom. The zero-order chi connectivity index (χ0) is 21.7. The molecule has 2 aromatic rings. The Morgan fingerprint density at radius 1 is 1.07 bits per heavy atom. The van der Waals surface area contributed by atoms with Gasteiger partial charge < -0.3 is 10.4 Å². The zero-order valence-corrected chi connectivity index (χ0v) is 17.0. The lowest BCUT2D eigenvalue weighted by molar-refractivity contribution is -0.142. The summed E-state index contributed by atoms with van der Waals surface area (Å²) < 4.78 is 39.7. The second-order valence-electron chi connectivity index (χ2n) is 7.22. The van der Waals surface area contributed by atoms with Gasteiger partial charge in [-0.05, 0) is 42.7 Å². The second kappa shape index (κ2) is 9.36. The van der Waals surface area contributed by atoms with Gasteiger partial charge in [0, 0.05) is 25.4 Å². The molecule has 1 amide bonds. The molecular weight excluding hydrogens is 411 g/mol. The molecule has 0 saturated carbocycles. The Labute approximate surface area is 174 Å². The summed E-state index contributed by atoms with van der Waals surface area (Å²) in [6.07, 6.45) is 0.730. The van der Waals surface area contributed by atoms with E-state index in [9.17, 15) is 27.5 Å². The molecule has 160 valence electrons. The summed E-state index contributed by atoms with van der Waals surface area (Å²) in [7, 11) is -3.76. The fourth-order valence-corrected chi connectivity index (χ4v) is 4.92. The van der Waals surface area contributed by atoms with Crippen molar-refractivity contribution >= 4 is 21.9 Å². The minimum absolute atomic E-state index is 0.000559. The molecule has 1 atom stereocenters. The number of carbonyl (C=O) groups excluding carboxylic acids is 1. The van der Waals surface area contributed by atoms with Gasteiger partial charge in [0.15, 0.2) is 0 Å². The van der Waals surface area contributed by atoms with E-state index in [1.165, 1.54) is 16.4 Å². The lowest BCUT2D eigenvalue weighted by atomic mass is 9.96. The van der Waals surface area contributed by atoms with Crippen molar-refractivity contribution in [3.8, 4) is 0 Å². The van der Waals surface area contributed by atoms with E-state index in [0.717, 1.165) is 17.7 Å². The number of hydrogen-bond acceptors (Lipinski definition) is 4. The zero-order valence-electron chi connectivity index (χ0n) is 16.2. The number of benzene rings is 2. The summed E-state index contributed by atoms with van der Waals surface area (Å²) in [6.45, 7) is 0.266. The van der Waals surface area contributed by atoms with Gasteiger partial charge in [-0.3, -0.25) is 4.79 Å². The van der Waals surface area contributed by atoms with Crippen molar-refractivity contribution in [3.63, 3.8) is 0 Å². The smallest absolute Gasteiger partial charge is 0.326 e. The molecule has 30 heavy (non-hydrogen) atoms. The van der Waals surface area contributed by atoms with Gasteiger partial charge >= 0.3 is 5.97 Å². The number of piperidine rings is 1. The molecule has 3 rings (SSSR count). The highest BCUT2D eigenvalue weighted by Crippen LogP contribution is 2.24. The number of halogens is 1. The molecule has 0 radical (unpaired) electrons. The Morgan fingerprint density at radius 3 is 2.23 bits per heavy atom. The van der Waals surface area contributed by atoms with Crippen LogP contribution in [-0.2, 0) is 26.0 Å². The van der Waals surface area contributed by atoms with E-state index >= 15 is 0 Å². The molecule has 0 bridgehead atoms. The number of aliphatic carboxylic acids is 1. The van der Waals surface area contributed by atoms with Crippen molar-refractivity contribution in [2.45, 2.75) is 30.2 Å². The molecule has 1 aliphatic rings. The number of rotatable bonds is 7. The Bertz CT molecular complexity index is 988. The Hall–Kier alpha value is -2.78. The first kappa shape index (κ1) is 21.9. The molecule has 1 heterocycles. The van der Waals surface area contributed by atoms with Crippen LogP contribution in [-0.4, -0.2) is 48.8 Å². The van der Waals surface area contributed by atoms with Crippen LogP contribution < -0.4 is 5.32 Å². The normalized spacial score (nSPS) is 16.7. The van der Waals surface area contributed by atoms with E-state index in [0.29, 0.717) is 0 Å². The van der Waals surface area contributed by atoms with Crippen LogP contribution in [0.2, 0.25) is 0 Å². The molecule has 0 aromatic heterocycles. The summed E-state index contributed by atoms with van der Waals surface area (Å²) >= 11 is 0. The number of hydrogen-bond donors (Lipinski definition) is 2. The maximum absolute atomic E-state index is 13.1.